The van der Waals surface area contributed by atoms with Crippen LogP contribution in [0.5, 0.6) is 0 Å². The molecule has 0 saturated heterocycles. The van der Waals surface area contributed by atoms with Gasteiger partial charge in [0.05, 0.1) is 21.9 Å². The predicted molar refractivity (Wildman–Crippen MR) is 127 cm³/mol. The molecule has 140 valence electrons. The zero-order chi connectivity index (χ0) is 20.0. The molecule has 0 saturated carbocycles. The normalized spacial score (nSPS) is 12.3. The van der Waals surface area contributed by atoms with Crippen LogP contribution in [0.3, 0.4) is 0 Å². The fourth-order valence-corrected chi connectivity index (χ4v) is 6.00. The summed E-state index contributed by atoms with van der Waals surface area (Å²) in [6.45, 7) is 0. The largest absolute Gasteiger partial charge is 0.307 e. The number of nitrogens with zero attached hydrogens (tertiary/aromatic N) is 1. The first-order chi connectivity index (χ1) is 14.7. The van der Waals surface area contributed by atoms with Crippen LogP contribution in [0.4, 0.5) is 0 Å². The molecule has 3 aromatic heterocycles. The van der Waals surface area contributed by atoms with Gasteiger partial charge in [-0.15, -0.1) is 11.3 Å². The highest BCUT2D eigenvalue weighted by Crippen LogP contribution is 2.38. The van der Waals surface area contributed by atoms with Gasteiger partial charge in [0.1, 0.15) is 0 Å². The van der Waals surface area contributed by atoms with Gasteiger partial charge in [0.25, 0.3) is 0 Å². The lowest BCUT2D eigenvalue weighted by molar-refractivity contribution is 1.31. The van der Waals surface area contributed by atoms with E-state index in [0.29, 0.717) is 21.7 Å². The van der Waals surface area contributed by atoms with Gasteiger partial charge in [0.2, 0.25) is 0 Å². The molecular weight excluding hydrogens is 390 g/mol. The number of pyridine rings is 2. The van der Waals surface area contributed by atoms with E-state index in [4.69, 9.17) is 0 Å². The molecule has 0 bridgehead atoms. The van der Waals surface area contributed by atoms with E-state index in [-0.39, 0.29) is 10.9 Å². The van der Waals surface area contributed by atoms with E-state index in [0.717, 1.165) is 31.9 Å². The van der Waals surface area contributed by atoms with Crippen molar-refractivity contribution in [3.05, 3.63) is 99.3 Å². The van der Waals surface area contributed by atoms with E-state index >= 15 is 0 Å². The smallest absolute Gasteiger partial charge is 0.197 e. The van der Waals surface area contributed by atoms with E-state index in [1.807, 2.05) is 60.7 Å². The second kappa shape index (κ2) is 5.43. The zero-order valence-corrected chi connectivity index (χ0v) is 16.5. The molecule has 30 heavy (non-hydrogen) atoms. The monoisotopic (exact) mass is 403 g/mol. The molecule has 0 radical (unpaired) electrons. The van der Waals surface area contributed by atoms with E-state index < -0.39 is 0 Å². The standard InChI is InChI=1S/C26H13NO2S/c28-25-14-6-1-3-10-18(14)27-19-12-13-21-22(15-7-2-4-11-20(15)30-21)23(19)26(29)17-9-5-8-16(25)24(17)27/h1-13H. The van der Waals surface area contributed by atoms with Gasteiger partial charge in [0, 0.05) is 36.3 Å². The maximum atomic E-state index is 13.8. The third-order valence-electron chi connectivity index (χ3n) is 6.13. The molecule has 0 N–H and O–H groups in total. The number of aromatic nitrogens is 1. The second-order valence-corrected chi connectivity index (χ2v) is 8.73. The van der Waals surface area contributed by atoms with Gasteiger partial charge < -0.3 is 4.40 Å². The Hall–Kier alpha value is -3.76. The summed E-state index contributed by atoms with van der Waals surface area (Å²) in [5.41, 5.74) is 2.33. The highest BCUT2D eigenvalue weighted by atomic mass is 32.1. The van der Waals surface area contributed by atoms with Crippen LogP contribution in [0.1, 0.15) is 0 Å². The quantitative estimate of drug-likeness (QED) is 0.233. The number of benzene rings is 4. The van der Waals surface area contributed by atoms with Crippen LogP contribution in [0, 0.1) is 0 Å². The molecule has 3 nitrogen and oxygen atoms in total. The number of hydrogen-bond donors (Lipinski definition) is 0. The molecule has 4 aromatic carbocycles. The number of rotatable bonds is 0. The molecule has 0 atom stereocenters. The minimum Gasteiger partial charge on any atom is -0.307 e. The van der Waals surface area contributed by atoms with Crippen LogP contribution < -0.4 is 10.9 Å². The van der Waals surface area contributed by atoms with Crippen LogP contribution >= 0.6 is 11.3 Å². The second-order valence-electron chi connectivity index (χ2n) is 7.64. The molecule has 0 fully saturated rings. The lowest BCUT2D eigenvalue weighted by Crippen LogP contribution is -2.14. The summed E-state index contributed by atoms with van der Waals surface area (Å²) < 4.78 is 4.37. The van der Waals surface area contributed by atoms with E-state index in [9.17, 15) is 9.59 Å². The number of fused-ring (bicyclic) bond motifs is 8. The number of hydrogen-bond acceptors (Lipinski definition) is 3. The first-order valence-corrected chi connectivity index (χ1v) is 10.6. The fraction of sp³-hybridized carbons (Fsp3) is 0. The molecule has 7 rings (SSSR count). The van der Waals surface area contributed by atoms with E-state index in [1.54, 1.807) is 11.3 Å². The topological polar surface area (TPSA) is 38.5 Å². The summed E-state index contributed by atoms with van der Waals surface area (Å²) in [6.07, 6.45) is 0. The molecule has 0 aliphatic rings. The molecule has 0 aliphatic heterocycles. The minimum atomic E-state index is -0.0305. The first kappa shape index (κ1) is 16.1. The molecular formula is C26H13NO2S. The van der Waals surface area contributed by atoms with Crippen molar-refractivity contribution >= 4 is 69.6 Å². The summed E-state index contributed by atoms with van der Waals surface area (Å²) in [4.78, 5) is 27.0. The Balaban J connectivity index is 1.95. The fourth-order valence-electron chi connectivity index (χ4n) is 4.88. The van der Waals surface area contributed by atoms with Crippen LogP contribution in [-0.4, -0.2) is 4.40 Å². The lowest BCUT2D eigenvalue weighted by Gasteiger charge is -2.14. The molecule has 0 aliphatic carbocycles. The van der Waals surface area contributed by atoms with Crippen molar-refractivity contribution in [3.63, 3.8) is 0 Å². The Bertz CT molecular complexity index is 1950. The Labute approximate surface area is 173 Å². The summed E-state index contributed by atoms with van der Waals surface area (Å²) >= 11 is 1.70. The van der Waals surface area contributed by atoms with Crippen molar-refractivity contribution in [3.8, 4) is 0 Å². The Morgan fingerprint density at radius 3 is 2.10 bits per heavy atom. The SMILES string of the molecule is O=c1c2ccccc2n2c3ccc4sc5ccccc5c4c3c(=O)c3cccc1c32. The highest BCUT2D eigenvalue weighted by molar-refractivity contribution is 7.26. The average molecular weight is 403 g/mol. The molecule has 7 aromatic rings. The summed E-state index contributed by atoms with van der Waals surface area (Å²) in [7, 11) is 0. The van der Waals surface area contributed by atoms with Gasteiger partial charge in [0.15, 0.2) is 10.9 Å². The van der Waals surface area contributed by atoms with Crippen LogP contribution in [0.2, 0.25) is 0 Å². The zero-order valence-electron chi connectivity index (χ0n) is 15.7. The third kappa shape index (κ3) is 1.80. The van der Waals surface area contributed by atoms with Gasteiger partial charge in [-0.05, 0) is 42.5 Å². The number of para-hydroxylation sites is 2. The van der Waals surface area contributed by atoms with Crippen molar-refractivity contribution in [1.29, 1.82) is 0 Å². The lowest BCUT2D eigenvalue weighted by atomic mass is 10.0. The van der Waals surface area contributed by atoms with Crippen LogP contribution in [-0.2, 0) is 0 Å². The van der Waals surface area contributed by atoms with Crippen molar-refractivity contribution in [2.45, 2.75) is 0 Å². The van der Waals surface area contributed by atoms with Gasteiger partial charge in [-0.3, -0.25) is 9.59 Å². The Morgan fingerprint density at radius 2 is 1.23 bits per heavy atom. The minimum absolute atomic E-state index is 0.0144. The summed E-state index contributed by atoms with van der Waals surface area (Å²) in [5.74, 6) is 0. The molecule has 3 heterocycles. The van der Waals surface area contributed by atoms with Gasteiger partial charge in [-0.1, -0.05) is 36.4 Å². The predicted octanol–water partition coefficient (Wildman–Crippen LogP) is 5.93. The van der Waals surface area contributed by atoms with Crippen molar-refractivity contribution in [2.24, 2.45) is 0 Å². The van der Waals surface area contributed by atoms with Crippen LogP contribution in [0.25, 0.3) is 58.3 Å². The van der Waals surface area contributed by atoms with E-state index in [1.165, 1.54) is 4.70 Å². The van der Waals surface area contributed by atoms with Gasteiger partial charge in [-0.25, -0.2) is 0 Å². The van der Waals surface area contributed by atoms with Crippen molar-refractivity contribution < 1.29 is 0 Å². The van der Waals surface area contributed by atoms with Crippen molar-refractivity contribution in [2.75, 3.05) is 0 Å². The molecule has 0 unspecified atom stereocenters. The third-order valence-corrected chi connectivity index (χ3v) is 7.26. The van der Waals surface area contributed by atoms with Gasteiger partial charge in [-0.2, -0.15) is 0 Å². The number of thiophene rings is 1. The highest BCUT2D eigenvalue weighted by Gasteiger charge is 2.19. The van der Waals surface area contributed by atoms with Crippen LogP contribution in [0.15, 0.2) is 88.5 Å². The maximum Gasteiger partial charge on any atom is 0.197 e. The Morgan fingerprint density at radius 1 is 0.533 bits per heavy atom. The molecule has 0 spiro atoms. The van der Waals surface area contributed by atoms with E-state index in [2.05, 4.69) is 22.6 Å². The molecule has 4 heteroatoms. The van der Waals surface area contributed by atoms with Gasteiger partial charge >= 0.3 is 0 Å². The maximum absolute atomic E-state index is 13.8. The molecule has 0 amide bonds. The first-order valence-electron chi connectivity index (χ1n) is 9.80. The summed E-state index contributed by atoms with van der Waals surface area (Å²) in [6, 6.07) is 25.5. The Kier molecular flexibility index (Phi) is 2.91. The van der Waals surface area contributed by atoms with Crippen molar-refractivity contribution in [1.82, 2.24) is 4.40 Å². The summed E-state index contributed by atoms with van der Waals surface area (Å²) in [5, 5.41) is 4.66. The average Bonchev–Trinajstić information content (AvgIpc) is 3.17.